The average Bonchev–Trinajstić information content (AvgIpc) is 2.63. The normalized spacial score (nSPS) is 11.7. The molecule has 3 N–H and O–H groups in total. The zero-order chi connectivity index (χ0) is 20.8. The van der Waals surface area contributed by atoms with Crippen LogP contribution in [0.1, 0.15) is 46.9 Å². The first kappa shape index (κ1) is 21.7. The zero-order valence-corrected chi connectivity index (χ0v) is 17.6. The topological polar surface area (TPSA) is 90.1 Å². The minimum Gasteiger partial charge on any atom is -0.463 e. The van der Waals surface area contributed by atoms with Crippen molar-refractivity contribution < 1.29 is 9.53 Å². The molecule has 28 heavy (non-hydrogen) atoms. The minimum atomic E-state index is -0.443. The molecule has 0 radical (unpaired) electrons. The van der Waals surface area contributed by atoms with E-state index in [1.807, 2.05) is 20.8 Å². The van der Waals surface area contributed by atoms with Crippen molar-refractivity contribution in [3.8, 4) is 0 Å². The van der Waals surface area contributed by atoms with E-state index in [0.29, 0.717) is 27.2 Å². The van der Waals surface area contributed by atoms with Gasteiger partial charge >= 0.3 is 0 Å². The standard InChI is InChI=1S/C20H22Cl2N4O2/c1-5-7-28-16(6-2)17-12(4)25-18(19(23)26-17)20(27)24-10-14-11(3)8-13(21)9-15(14)22/h5-9H,10H2,1-4H3,(H2,23,26)(H,24,27)/b7-5-,16-6-. The van der Waals surface area contributed by atoms with Crippen LogP contribution in [0, 0.1) is 13.8 Å². The second kappa shape index (κ2) is 9.57. The third kappa shape index (κ3) is 5.03. The summed E-state index contributed by atoms with van der Waals surface area (Å²) in [6.45, 7) is 7.47. The Morgan fingerprint density at radius 3 is 2.54 bits per heavy atom. The lowest BCUT2D eigenvalue weighted by Crippen LogP contribution is -2.26. The SMILES string of the molecule is C/C=C\O/C(=C\C)c1nc(N)c(C(=O)NCc2c(C)cc(Cl)cc2Cl)nc1C. The lowest BCUT2D eigenvalue weighted by Gasteiger charge is -2.13. The van der Waals surface area contributed by atoms with Gasteiger partial charge in [0.2, 0.25) is 0 Å². The molecule has 0 atom stereocenters. The molecule has 0 aliphatic rings. The van der Waals surface area contributed by atoms with Crippen LogP contribution in [0.2, 0.25) is 10.0 Å². The van der Waals surface area contributed by atoms with Crippen molar-refractivity contribution in [3.05, 3.63) is 68.8 Å². The predicted molar refractivity (Wildman–Crippen MR) is 113 cm³/mol. The van der Waals surface area contributed by atoms with E-state index in [1.54, 1.807) is 31.2 Å². The molecule has 0 aliphatic carbocycles. The number of aromatic nitrogens is 2. The van der Waals surface area contributed by atoms with Gasteiger partial charge in [-0.25, -0.2) is 9.97 Å². The molecular weight excluding hydrogens is 399 g/mol. The lowest BCUT2D eigenvalue weighted by molar-refractivity contribution is 0.0946. The molecule has 1 aromatic carbocycles. The number of nitrogens with zero attached hydrogens (tertiary/aromatic N) is 2. The molecule has 1 aromatic heterocycles. The molecule has 0 aliphatic heterocycles. The first-order chi connectivity index (χ1) is 13.3. The molecule has 8 heteroatoms. The number of carbonyl (C=O) groups is 1. The van der Waals surface area contributed by atoms with E-state index >= 15 is 0 Å². The summed E-state index contributed by atoms with van der Waals surface area (Å²) < 4.78 is 5.50. The van der Waals surface area contributed by atoms with Gasteiger partial charge in [-0.1, -0.05) is 29.3 Å². The average molecular weight is 421 g/mol. The van der Waals surface area contributed by atoms with Crippen molar-refractivity contribution in [1.82, 2.24) is 15.3 Å². The van der Waals surface area contributed by atoms with Crippen LogP contribution in [0.3, 0.4) is 0 Å². The second-order valence-electron chi connectivity index (χ2n) is 6.00. The summed E-state index contributed by atoms with van der Waals surface area (Å²) in [7, 11) is 0. The Labute approximate surface area is 174 Å². The third-order valence-electron chi connectivity index (χ3n) is 3.95. The van der Waals surface area contributed by atoms with Crippen LogP contribution in [0.25, 0.3) is 5.76 Å². The van der Waals surface area contributed by atoms with Gasteiger partial charge in [-0.15, -0.1) is 0 Å². The second-order valence-corrected chi connectivity index (χ2v) is 6.84. The molecule has 148 valence electrons. The summed E-state index contributed by atoms with van der Waals surface area (Å²) in [5.74, 6) is 0.0762. The number of anilines is 1. The molecule has 2 rings (SSSR count). The van der Waals surface area contributed by atoms with Crippen molar-refractivity contribution in [3.63, 3.8) is 0 Å². The highest BCUT2D eigenvalue weighted by molar-refractivity contribution is 6.35. The van der Waals surface area contributed by atoms with Gasteiger partial charge in [-0.3, -0.25) is 4.79 Å². The fraction of sp³-hybridized carbons (Fsp3) is 0.250. The first-order valence-electron chi connectivity index (χ1n) is 8.59. The van der Waals surface area contributed by atoms with Crippen LogP contribution >= 0.6 is 23.2 Å². The van der Waals surface area contributed by atoms with Crippen molar-refractivity contribution in [2.45, 2.75) is 34.2 Å². The smallest absolute Gasteiger partial charge is 0.273 e. The summed E-state index contributed by atoms with van der Waals surface area (Å²) in [6, 6.07) is 3.42. The zero-order valence-electron chi connectivity index (χ0n) is 16.1. The van der Waals surface area contributed by atoms with Gasteiger partial charge < -0.3 is 15.8 Å². The quantitative estimate of drug-likeness (QED) is 0.653. The van der Waals surface area contributed by atoms with Gasteiger partial charge in [-0.05, 0) is 57.0 Å². The fourth-order valence-corrected chi connectivity index (χ4v) is 3.21. The summed E-state index contributed by atoms with van der Waals surface area (Å²) in [6.07, 6.45) is 5.04. The molecule has 0 bridgehead atoms. The van der Waals surface area contributed by atoms with Crippen molar-refractivity contribution in [2.24, 2.45) is 0 Å². The van der Waals surface area contributed by atoms with Gasteiger partial charge in [0.1, 0.15) is 11.5 Å². The molecule has 0 spiro atoms. The van der Waals surface area contributed by atoms with Crippen molar-refractivity contribution in [2.75, 3.05) is 5.73 Å². The van der Waals surface area contributed by atoms with E-state index in [-0.39, 0.29) is 18.1 Å². The monoisotopic (exact) mass is 420 g/mol. The highest BCUT2D eigenvalue weighted by atomic mass is 35.5. The number of nitrogens with two attached hydrogens (primary N) is 1. The van der Waals surface area contributed by atoms with Crippen molar-refractivity contribution in [1.29, 1.82) is 0 Å². The van der Waals surface area contributed by atoms with E-state index in [4.69, 9.17) is 33.7 Å². The van der Waals surface area contributed by atoms with Crippen LogP contribution in [0.4, 0.5) is 5.82 Å². The number of benzene rings is 1. The molecule has 6 nitrogen and oxygen atoms in total. The number of ether oxygens (including phenoxy) is 1. The molecule has 0 fully saturated rings. The summed E-state index contributed by atoms with van der Waals surface area (Å²) >= 11 is 12.2. The fourth-order valence-electron chi connectivity index (χ4n) is 2.54. The Hall–Kier alpha value is -2.57. The Kier molecular flexibility index (Phi) is 7.43. The summed E-state index contributed by atoms with van der Waals surface area (Å²) in [5, 5.41) is 3.80. The van der Waals surface area contributed by atoms with E-state index < -0.39 is 5.91 Å². The maximum absolute atomic E-state index is 12.6. The summed E-state index contributed by atoms with van der Waals surface area (Å²) in [5.41, 5.74) is 8.68. The number of carbonyl (C=O) groups excluding carboxylic acids is 1. The van der Waals surface area contributed by atoms with Crippen LogP contribution < -0.4 is 11.1 Å². The van der Waals surface area contributed by atoms with Gasteiger partial charge in [0.25, 0.3) is 5.91 Å². The molecule has 1 heterocycles. The molecule has 0 unspecified atom stereocenters. The Morgan fingerprint density at radius 2 is 1.93 bits per heavy atom. The molecule has 2 aromatic rings. The van der Waals surface area contributed by atoms with Crippen LogP contribution in [0.15, 0.2) is 30.5 Å². The third-order valence-corrected chi connectivity index (χ3v) is 4.50. The number of nitrogens with one attached hydrogen (secondary N) is 1. The molecule has 0 saturated carbocycles. The van der Waals surface area contributed by atoms with Gasteiger partial charge in [0.05, 0.1) is 12.0 Å². The van der Waals surface area contributed by atoms with Gasteiger partial charge in [0, 0.05) is 16.6 Å². The van der Waals surface area contributed by atoms with E-state index in [0.717, 1.165) is 11.1 Å². The Bertz CT molecular complexity index is 932. The van der Waals surface area contributed by atoms with E-state index in [2.05, 4.69) is 15.3 Å². The number of hydrogen-bond donors (Lipinski definition) is 2. The first-order valence-corrected chi connectivity index (χ1v) is 9.35. The van der Waals surface area contributed by atoms with Gasteiger partial charge in [-0.2, -0.15) is 0 Å². The highest BCUT2D eigenvalue weighted by Gasteiger charge is 2.19. The van der Waals surface area contributed by atoms with Crippen molar-refractivity contribution >= 4 is 40.7 Å². The predicted octanol–water partition coefficient (Wildman–Crippen LogP) is 4.82. The lowest BCUT2D eigenvalue weighted by atomic mass is 10.1. The highest BCUT2D eigenvalue weighted by Crippen LogP contribution is 2.25. The maximum Gasteiger partial charge on any atom is 0.273 e. The van der Waals surface area contributed by atoms with Crippen LogP contribution in [-0.4, -0.2) is 15.9 Å². The molecule has 0 saturated heterocycles. The number of amides is 1. The number of nitrogen functional groups attached to an aromatic ring is 1. The van der Waals surface area contributed by atoms with E-state index in [9.17, 15) is 4.79 Å². The number of rotatable bonds is 6. The Morgan fingerprint density at radius 1 is 1.21 bits per heavy atom. The molecular formula is C20H22Cl2N4O2. The number of aryl methyl sites for hydroxylation is 2. The van der Waals surface area contributed by atoms with Crippen LogP contribution in [0.5, 0.6) is 0 Å². The van der Waals surface area contributed by atoms with Crippen LogP contribution in [-0.2, 0) is 11.3 Å². The van der Waals surface area contributed by atoms with E-state index in [1.165, 1.54) is 6.26 Å². The number of halogens is 2. The van der Waals surface area contributed by atoms with Gasteiger partial charge in [0.15, 0.2) is 11.5 Å². The Balaban J connectivity index is 2.24. The largest absolute Gasteiger partial charge is 0.463 e. The summed E-state index contributed by atoms with van der Waals surface area (Å²) in [4.78, 5) is 21.2. The minimum absolute atomic E-state index is 0.0143. The maximum atomic E-state index is 12.6. The number of allylic oxidation sites excluding steroid dienone is 2. The number of hydrogen-bond acceptors (Lipinski definition) is 5. The molecule has 1 amide bonds.